The zero-order valence-corrected chi connectivity index (χ0v) is 15.6. The van der Waals surface area contributed by atoms with Crippen molar-refractivity contribution in [3.63, 3.8) is 0 Å². The number of sulfone groups is 1. The summed E-state index contributed by atoms with van der Waals surface area (Å²) in [7, 11) is -3.16. The number of aromatic nitrogens is 1. The van der Waals surface area contributed by atoms with E-state index < -0.39 is 14.6 Å². The maximum Gasteiger partial charge on any atom is 0.255 e. The van der Waals surface area contributed by atoms with Crippen molar-refractivity contribution in [2.75, 3.05) is 18.8 Å². The van der Waals surface area contributed by atoms with E-state index in [1.807, 2.05) is 0 Å². The molecule has 1 amide bonds. The number of hydrogen-bond donors (Lipinski definition) is 1. The summed E-state index contributed by atoms with van der Waals surface area (Å²) in [5.74, 6) is 0.228. The Labute approximate surface area is 149 Å². The van der Waals surface area contributed by atoms with Crippen LogP contribution in [0.2, 0.25) is 0 Å². The zero-order valence-electron chi connectivity index (χ0n) is 14.0. The van der Waals surface area contributed by atoms with Crippen molar-refractivity contribution >= 4 is 28.2 Å². The number of hydrogen-bond acceptors (Lipinski definition) is 5. The van der Waals surface area contributed by atoms with E-state index in [-0.39, 0.29) is 37.2 Å². The van der Waals surface area contributed by atoms with Crippen molar-refractivity contribution in [1.82, 2.24) is 9.88 Å². The van der Waals surface area contributed by atoms with Crippen molar-refractivity contribution in [1.29, 1.82) is 0 Å². The highest BCUT2D eigenvalue weighted by molar-refractivity contribution is 7.92. The summed E-state index contributed by atoms with van der Waals surface area (Å²) in [6.45, 7) is 4.17. The Morgan fingerprint density at radius 2 is 2.04 bits per heavy atom. The highest BCUT2D eigenvalue weighted by Gasteiger charge is 2.42. The van der Waals surface area contributed by atoms with Gasteiger partial charge < -0.3 is 10.6 Å². The fourth-order valence-electron chi connectivity index (χ4n) is 2.97. The molecular formula is C16H24ClN3O3S. The van der Waals surface area contributed by atoms with Crippen molar-refractivity contribution in [3.05, 3.63) is 29.1 Å². The lowest BCUT2D eigenvalue weighted by molar-refractivity contribution is 0.0742. The third-order valence-corrected chi connectivity index (χ3v) is 7.25. The number of pyridine rings is 1. The first-order valence-corrected chi connectivity index (χ1v) is 9.62. The van der Waals surface area contributed by atoms with Gasteiger partial charge in [0.2, 0.25) is 0 Å². The lowest BCUT2D eigenvalue weighted by Gasteiger charge is -2.37. The van der Waals surface area contributed by atoms with Crippen LogP contribution in [0.1, 0.15) is 54.4 Å². The summed E-state index contributed by atoms with van der Waals surface area (Å²) in [6, 6.07) is 3.58. The predicted molar refractivity (Wildman–Crippen MR) is 95.1 cm³/mol. The smallest absolute Gasteiger partial charge is 0.255 e. The molecule has 0 bridgehead atoms. The molecule has 2 fully saturated rings. The van der Waals surface area contributed by atoms with Gasteiger partial charge in [-0.1, -0.05) is 0 Å². The van der Waals surface area contributed by atoms with Crippen LogP contribution in [0.3, 0.4) is 0 Å². The maximum absolute atomic E-state index is 12.9. The van der Waals surface area contributed by atoms with E-state index in [2.05, 4.69) is 4.98 Å². The molecule has 2 aliphatic rings. The van der Waals surface area contributed by atoms with Gasteiger partial charge in [0.05, 0.1) is 27.5 Å². The Hall–Kier alpha value is -1.18. The Balaban J connectivity index is 0.00000208. The first-order chi connectivity index (χ1) is 10.7. The second-order valence-electron chi connectivity index (χ2n) is 7.02. The molecule has 1 saturated heterocycles. The standard InChI is InChI=1S/C16H23N3O3S.ClH/c1-16(2)10-19(7-8-23(16,21)22)15(20)13-6-5-12(9-17)18-14(13)11-3-4-11;/h5-6,11H,3-4,7-10,17H2,1-2H3;1H. The molecule has 1 aromatic heterocycles. The lowest BCUT2D eigenvalue weighted by Crippen LogP contribution is -2.54. The van der Waals surface area contributed by atoms with Crippen molar-refractivity contribution < 1.29 is 13.2 Å². The highest BCUT2D eigenvalue weighted by atomic mass is 35.5. The topological polar surface area (TPSA) is 93.4 Å². The fourth-order valence-corrected chi connectivity index (χ4v) is 4.33. The minimum absolute atomic E-state index is 0. The normalized spacial score (nSPS) is 21.9. The molecule has 1 aliphatic carbocycles. The number of carbonyl (C=O) groups is 1. The van der Waals surface area contributed by atoms with E-state index in [9.17, 15) is 13.2 Å². The second-order valence-corrected chi connectivity index (χ2v) is 9.76. The van der Waals surface area contributed by atoms with Crippen LogP contribution in [0.4, 0.5) is 0 Å². The van der Waals surface area contributed by atoms with Gasteiger partial charge in [0, 0.05) is 25.6 Å². The highest BCUT2D eigenvalue weighted by Crippen LogP contribution is 2.41. The summed E-state index contributed by atoms with van der Waals surface area (Å²) in [5, 5.41) is 0. The van der Waals surface area contributed by atoms with Crippen LogP contribution in [-0.2, 0) is 16.4 Å². The molecule has 0 atom stereocenters. The van der Waals surface area contributed by atoms with Crippen LogP contribution in [0, 0.1) is 0 Å². The van der Waals surface area contributed by atoms with Gasteiger partial charge in [-0.25, -0.2) is 8.42 Å². The van der Waals surface area contributed by atoms with Gasteiger partial charge in [0.25, 0.3) is 5.91 Å². The van der Waals surface area contributed by atoms with Crippen LogP contribution in [0.5, 0.6) is 0 Å². The first kappa shape index (κ1) is 19.1. The number of halogens is 1. The molecule has 0 spiro atoms. The van der Waals surface area contributed by atoms with Crippen LogP contribution < -0.4 is 5.73 Å². The van der Waals surface area contributed by atoms with Crippen LogP contribution in [0.15, 0.2) is 12.1 Å². The Morgan fingerprint density at radius 1 is 1.38 bits per heavy atom. The quantitative estimate of drug-likeness (QED) is 0.866. The van der Waals surface area contributed by atoms with Crippen molar-refractivity contribution in [3.8, 4) is 0 Å². The Morgan fingerprint density at radius 3 is 2.58 bits per heavy atom. The molecule has 24 heavy (non-hydrogen) atoms. The fraction of sp³-hybridized carbons (Fsp3) is 0.625. The molecular weight excluding hydrogens is 350 g/mol. The van der Waals surface area contributed by atoms with E-state index in [1.165, 1.54) is 0 Å². The van der Waals surface area contributed by atoms with Gasteiger partial charge in [-0.05, 0) is 38.8 Å². The molecule has 2 heterocycles. The summed E-state index contributed by atoms with van der Waals surface area (Å²) in [4.78, 5) is 19.1. The number of amides is 1. The molecule has 0 radical (unpaired) electrons. The van der Waals surface area contributed by atoms with E-state index in [1.54, 1.807) is 30.9 Å². The average Bonchev–Trinajstić information content (AvgIpc) is 3.33. The van der Waals surface area contributed by atoms with Crippen LogP contribution in [0.25, 0.3) is 0 Å². The molecule has 2 N–H and O–H groups in total. The monoisotopic (exact) mass is 373 g/mol. The van der Waals surface area contributed by atoms with E-state index in [0.29, 0.717) is 18.0 Å². The van der Waals surface area contributed by atoms with Crippen molar-refractivity contribution in [2.45, 2.75) is 43.9 Å². The third kappa shape index (κ3) is 3.43. The van der Waals surface area contributed by atoms with Crippen LogP contribution >= 0.6 is 12.4 Å². The van der Waals surface area contributed by atoms with E-state index in [4.69, 9.17) is 5.73 Å². The van der Waals surface area contributed by atoms with Crippen LogP contribution in [-0.4, -0.2) is 47.8 Å². The molecule has 6 nitrogen and oxygen atoms in total. The van der Waals surface area contributed by atoms with Gasteiger partial charge >= 0.3 is 0 Å². The minimum atomic E-state index is -3.16. The first-order valence-electron chi connectivity index (χ1n) is 7.96. The minimum Gasteiger partial charge on any atom is -0.336 e. The van der Waals surface area contributed by atoms with E-state index >= 15 is 0 Å². The molecule has 0 unspecified atom stereocenters. The van der Waals surface area contributed by atoms with Gasteiger partial charge in [-0.2, -0.15) is 0 Å². The molecule has 0 aromatic carbocycles. The van der Waals surface area contributed by atoms with E-state index in [0.717, 1.165) is 24.2 Å². The summed E-state index contributed by atoms with van der Waals surface area (Å²) in [6.07, 6.45) is 2.09. The number of rotatable bonds is 3. The van der Waals surface area contributed by atoms with Gasteiger partial charge in [-0.3, -0.25) is 9.78 Å². The number of nitrogens with two attached hydrogens (primary N) is 1. The Kier molecular flexibility index (Phi) is 5.28. The second kappa shape index (κ2) is 6.61. The lowest BCUT2D eigenvalue weighted by atomic mass is 10.1. The summed E-state index contributed by atoms with van der Waals surface area (Å²) < 4.78 is 23.3. The molecule has 1 aromatic rings. The zero-order chi connectivity index (χ0) is 16.8. The number of nitrogens with zero attached hydrogens (tertiary/aromatic N) is 2. The van der Waals surface area contributed by atoms with Gasteiger partial charge in [0.15, 0.2) is 9.84 Å². The average molecular weight is 374 g/mol. The summed E-state index contributed by atoms with van der Waals surface area (Å²) >= 11 is 0. The largest absolute Gasteiger partial charge is 0.336 e. The Bertz CT molecular complexity index is 745. The maximum atomic E-state index is 12.9. The molecule has 8 heteroatoms. The predicted octanol–water partition coefficient (Wildman–Crippen LogP) is 1.49. The summed E-state index contributed by atoms with van der Waals surface area (Å²) in [5.41, 5.74) is 7.85. The number of carbonyl (C=O) groups excluding carboxylic acids is 1. The molecule has 134 valence electrons. The SMILES string of the molecule is CC1(C)CN(C(=O)c2ccc(CN)nc2C2CC2)CCS1(=O)=O.Cl. The molecule has 3 rings (SSSR count). The molecule has 1 aliphatic heterocycles. The van der Waals surface area contributed by atoms with Gasteiger partial charge in [-0.15, -0.1) is 12.4 Å². The third-order valence-electron chi connectivity index (χ3n) is 4.72. The van der Waals surface area contributed by atoms with Crippen molar-refractivity contribution in [2.24, 2.45) is 5.73 Å². The molecule has 1 saturated carbocycles. The van der Waals surface area contributed by atoms with Gasteiger partial charge in [0.1, 0.15) is 0 Å².